The highest BCUT2D eigenvalue weighted by Crippen LogP contribution is 2.36. The number of tetrazole rings is 1. The molecule has 1 aromatic heterocycles. The first-order chi connectivity index (χ1) is 8.55. The summed E-state index contributed by atoms with van der Waals surface area (Å²) < 4.78 is 5.76. The largest absolute Gasteiger partial charge is 0.377 e. The van der Waals surface area contributed by atoms with Gasteiger partial charge in [0.2, 0.25) is 0 Å². The first-order valence-corrected chi connectivity index (χ1v) is 6.59. The van der Waals surface area contributed by atoms with E-state index in [1.807, 2.05) is 0 Å². The van der Waals surface area contributed by atoms with Crippen molar-refractivity contribution in [2.75, 3.05) is 7.11 Å². The van der Waals surface area contributed by atoms with Crippen molar-refractivity contribution in [2.45, 2.75) is 50.7 Å². The Morgan fingerprint density at radius 2 is 2.17 bits per heavy atom. The molecule has 1 atom stereocenters. The minimum Gasteiger partial charge on any atom is -0.377 e. The molecule has 0 aliphatic heterocycles. The smallest absolute Gasteiger partial charge is 0.176 e. The summed E-state index contributed by atoms with van der Waals surface area (Å²) in [5.74, 6) is 1.47. The summed E-state index contributed by atoms with van der Waals surface area (Å²) in [5.41, 5.74) is 6.12. The van der Waals surface area contributed by atoms with E-state index in [-0.39, 0.29) is 11.6 Å². The average molecular weight is 253 g/mol. The van der Waals surface area contributed by atoms with Crippen LogP contribution in [0.2, 0.25) is 0 Å². The van der Waals surface area contributed by atoms with Crippen LogP contribution in [0.5, 0.6) is 0 Å². The van der Waals surface area contributed by atoms with Gasteiger partial charge in [-0.15, -0.1) is 10.2 Å². The molecule has 1 saturated carbocycles. The Labute approximate surface area is 108 Å². The molecule has 1 aromatic rings. The minimum absolute atomic E-state index is 0.0702. The molecule has 6 heteroatoms. The predicted octanol–water partition coefficient (Wildman–Crippen LogP) is 0.675. The number of hydrogen-bond donors (Lipinski definition) is 1. The Morgan fingerprint density at radius 3 is 2.67 bits per heavy atom. The monoisotopic (exact) mass is 253 g/mol. The zero-order valence-corrected chi connectivity index (χ0v) is 11.5. The van der Waals surface area contributed by atoms with Crippen molar-refractivity contribution in [2.24, 2.45) is 18.7 Å². The summed E-state index contributed by atoms with van der Waals surface area (Å²) in [6, 6.07) is -0.0702. The van der Waals surface area contributed by atoms with Gasteiger partial charge in [-0.05, 0) is 36.8 Å². The van der Waals surface area contributed by atoms with Gasteiger partial charge < -0.3 is 10.5 Å². The van der Waals surface area contributed by atoms with Crippen molar-refractivity contribution in [1.29, 1.82) is 0 Å². The Balaban J connectivity index is 2.03. The summed E-state index contributed by atoms with van der Waals surface area (Å²) >= 11 is 0. The summed E-state index contributed by atoms with van der Waals surface area (Å²) in [6.07, 6.45) is 5.01. The second-order valence-corrected chi connectivity index (χ2v) is 5.46. The van der Waals surface area contributed by atoms with Crippen LogP contribution < -0.4 is 5.73 Å². The lowest BCUT2D eigenvalue weighted by Crippen LogP contribution is -2.52. The van der Waals surface area contributed by atoms with Crippen LogP contribution in [0.3, 0.4) is 0 Å². The normalized spacial score (nSPS) is 30.3. The zero-order chi connectivity index (χ0) is 13.2. The first-order valence-electron chi connectivity index (χ1n) is 6.59. The molecule has 1 fully saturated rings. The van der Waals surface area contributed by atoms with E-state index >= 15 is 0 Å². The predicted molar refractivity (Wildman–Crippen MR) is 67.8 cm³/mol. The molecule has 0 spiro atoms. The topological polar surface area (TPSA) is 78.9 Å². The Kier molecular flexibility index (Phi) is 3.97. The van der Waals surface area contributed by atoms with Crippen molar-refractivity contribution in [3.8, 4) is 0 Å². The SMILES string of the molecule is COC1(C(N)Cc2nnn(C)n2)CCC(C)CC1. The van der Waals surface area contributed by atoms with Crippen molar-refractivity contribution in [3.05, 3.63) is 5.82 Å². The number of nitrogens with two attached hydrogens (primary N) is 1. The van der Waals surface area contributed by atoms with E-state index in [9.17, 15) is 0 Å². The van der Waals surface area contributed by atoms with E-state index in [1.165, 1.54) is 17.6 Å². The quantitative estimate of drug-likeness (QED) is 0.853. The molecule has 0 radical (unpaired) electrons. The number of hydrogen-bond acceptors (Lipinski definition) is 5. The molecular formula is C12H23N5O. The van der Waals surface area contributed by atoms with Gasteiger partial charge in [0.15, 0.2) is 5.82 Å². The van der Waals surface area contributed by atoms with Crippen LogP contribution in [0.25, 0.3) is 0 Å². The van der Waals surface area contributed by atoms with Crippen molar-refractivity contribution in [3.63, 3.8) is 0 Å². The lowest BCUT2D eigenvalue weighted by molar-refractivity contribution is -0.0662. The minimum atomic E-state index is -0.217. The zero-order valence-electron chi connectivity index (χ0n) is 11.5. The lowest BCUT2D eigenvalue weighted by Gasteiger charge is -2.42. The van der Waals surface area contributed by atoms with Gasteiger partial charge in [-0.1, -0.05) is 6.92 Å². The number of rotatable bonds is 4. The molecule has 0 amide bonds. The van der Waals surface area contributed by atoms with Crippen LogP contribution in [-0.4, -0.2) is 39.0 Å². The maximum Gasteiger partial charge on any atom is 0.176 e. The molecule has 102 valence electrons. The molecule has 18 heavy (non-hydrogen) atoms. The van der Waals surface area contributed by atoms with Gasteiger partial charge >= 0.3 is 0 Å². The third kappa shape index (κ3) is 2.70. The van der Waals surface area contributed by atoms with Crippen LogP contribution in [0.1, 0.15) is 38.4 Å². The van der Waals surface area contributed by atoms with E-state index in [0.717, 1.165) is 18.8 Å². The highest BCUT2D eigenvalue weighted by atomic mass is 16.5. The summed E-state index contributed by atoms with van der Waals surface area (Å²) in [6.45, 7) is 2.29. The highest BCUT2D eigenvalue weighted by molar-refractivity contribution is 4.99. The third-order valence-corrected chi connectivity index (χ3v) is 4.16. The van der Waals surface area contributed by atoms with Gasteiger partial charge in [-0.2, -0.15) is 4.80 Å². The van der Waals surface area contributed by atoms with Gasteiger partial charge in [-0.3, -0.25) is 0 Å². The second kappa shape index (κ2) is 5.32. The summed E-state index contributed by atoms with van der Waals surface area (Å²) in [7, 11) is 3.52. The van der Waals surface area contributed by atoms with Crippen molar-refractivity contribution < 1.29 is 4.74 Å². The van der Waals surface area contributed by atoms with E-state index < -0.39 is 0 Å². The summed E-state index contributed by atoms with van der Waals surface area (Å²) in [4.78, 5) is 1.46. The van der Waals surface area contributed by atoms with Crippen LogP contribution in [-0.2, 0) is 18.2 Å². The lowest BCUT2D eigenvalue weighted by atomic mass is 9.74. The maximum absolute atomic E-state index is 6.34. The fraction of sp³-hybridized carbons (Fsp3) is 0.917. The van der Waals surface area contributed by atoms with Gasteiger partial charge in [0, 0.05) is 19.6 Å². The standard InChI is InChI=1S/C12H23N5O/c1-9-4-6-12(18-3,7-5-9)10(13)8-11-14-16-17(2)15-11/h9-10H,4-8,13H2,1-3H3. The molecule has 6 nitrogen and oxygen atoms in total. The Morgan fingerprint density at radius 1 is 1.50 bits per heavy atom. The fourth-order valence-corrected chi connectivity index (χ4v) is 2.76. The molecule has 1 aliphatic rings. The molecule has 0 saturated heterocycles. The van der Waals surface area contributed by atoms with Gasteiger partial charge in [0.05, 0.1) is 12.6 Å². The van der Waals surface area contributed by atoms with Gasteiger partial charge in [0.25, 0.3) is 0 Å². The first kappa shape index (κ1) is 13.4. The second-order valence-electron chi connectivity index (χ2n) is 5.46. The van der Waals surface area contributed by atoms with E-state index in [4.69, 9.17) is 10.5 Å². The number of methoxy groups -OCH3 is 1. The molecule has 2 rings (SSSR count). The van der Waals surface area contributed by atoms with Gasteiger partial charge in [0.1, 0.15) is 0 Å². The number of aryl methyl sites for hydroxylation is 1. The molecule has 1 heterocycles. The highest BCUT2D eigenvalue weighted by Gasteiger charge is 2.40. The molecule has 0 bridgehead atoms. The maximum atomic E-state index is 6.34. The number of ether oxygens (including phenoxy) is 1. The van der Waals surface area contributed by atoms with Crippen LogP contribution in [0.4, 0.5) is 0 Å². The van der Waals surface area contributed by atoms with Crippen molar-refractivity contribution >= 4 is 0 Å². The van der Waals surface area contributed by atoms with Crippen LogP contribution >= 0.6 is 0 Å². The molecule has 1 unspecified atom stereocenters. The molecule has 2 N–H and O–H groups in total. The fourth-order valence-electron chi connectivity index (χ4n) is 2.76. The number of aromatic nitrogens is 4. The summed E-state index contributed by atoms with van der Waals surface area (Å²) in [5, 5.41) is 12.0. The number of nitrogens with zero attached hydrogens (tertiary/aromatic N) is 4. The average Bonchev–Trinajstić information content (AvgIpc) is 2.76. The van der Waals surface area contributed by atoms with Crippen LogP contribution in [0, 0.1) is 5.92 Å². The van der Waals surface area contributed by atoms with Gasteiger partial charge in [-0.25, -0.2) is 0 Å². The molecule has 0 aromatic carbocycles. The Hall–Kier alpha value is -1.01. The van der Waals surface area contributed by atoms with E-state index in [2.05, 4.69) is 22.3 Å². The molecule has 1 aliphatic carbocycles. The van der Waals surface area contributed by atoms with E-state index in [1.54, 1.807) is 14.2 Å². The van der Waals surface area contributed by atoms with Crippen molar-refractivity contribution in [1.82, 2.24) is 20.2 Å². The van der Waals surface area contributed by atoms with Crippen LogP contribution in [0.15, 0.2) is 0 Å². The van der Waals surface area contributed by atoms with E-state index in [0.29, 0.717) is 12.2 Å². The molecular weight excluding hydrogens is 230 g/mol. The Bertz CT molecular complexity index is 384. The third-order valence-electron chi connectivity index (χ3n) is 4.16.